The first-order chi connectivity index (χ1) is 7.67. The van der Waals surface area contributed by atoms with E-state index in [9.17, 15) is 0 Å². The molecule has 0 bridgehead atoms. The van der Waals surface area contributed by atoms with Crippen molar-refractivity contribution in [2.24, 2.45) is 16.1 Å². The Balaban J connectivity index is 0.00000256. The second-order valence-corrected chi connectivity index (χ2v) is 4.91. The average molecular weight is 353 g/mol. The molecule has 0 atom stereocenters. The number of halogens is 1. The van der Waals surface area contributed by atoms with E-state index in [2.05, 4.69) is 30.7 Å². The zero-order valence-corrected chi connectivity index (χ0v) is 13.9. The molecule has 0 aromatic carbocycles. The molecule has 0 saturated heterocycles. The molecule has 1 saturated carbocycles. The number of hydrogen-bond donors (Lipinski definition) is 1. The summed E-state index contributed by atoms with van der Waals surface area (Å²) < 4.78 is 0. The molecule has 0 aliphatic heterocycles. The molecular weight excluding hydrogens is 325 g/mol. The normalized spacial score (nSPS) is 18.9. The molecule has 17 heavy (non-hydrogen) atoms. The van der Waals surface area contributed by atoms with Crippen LogP contribution in [0.25, 0.3) is 0 Å². The van der Waals surface area contributed by atoms with Crippen LogP contribution in [0.15, 0.2) is 4.99 Å². The van der Waals surface area contributed by atoms with Crippen LogP contribution in [0.1, 0.15) is 52.9 Å². The minimum Gasteiger partial charge on any atom is -0.370 e. The van der Waals surface area contributed by atoms with Gasteiger partial charge in [-0.2, -0.15) is 0 Å². The highest BCUT2D eigenvalue weighted by Crippen LogP contribution is 2.41. The third-order valence-electron chi connectivity index (χ3n) is 4.08. The first-order valence-corrected chi connectivity index (χ1v) is 6.72. The fourth-order valence-corrected chi connectivity index (χ4v) is 2.64. The van der Waals surface area contributed by atoms with Gasteiger partial charge in [0.25, 0.3) is 0 Å². The Kier molecular flexibility index (Phi) is 8.16. The van der Waals surface area contributed by atoms with Crippen molar-refractivity contribution in [1.82, 2.24) is 4.90 Å². The summed E-state index contributed by atoms with van der Waals surface area (Å²) in [6, 6.07) is 0. The maximum Gasteiger partial charge on any atom is 0.191 e. The Morgan fingerprint density at radius 2 is 1.71 bits per heavy atom. The Labute approximate surface area is 123 Å². The van der Waals surface area contributed by atoms with Crippen molar-refractivity contribution < 1.29 is 0 Å². The largest absolute Gasteiger partial charge is 0.370 e. The Morgan fingerprint density at radius 1 is 1.18 bits per heavy atom. The maximum atomic E-state index is 6.01. The fourth-order valence-electron chi connectivity index (χ4n) is 2.64. The lowest BCUT2D eigenvalue weighted by Crippen LogP contribution is -2.38. The molecule has 2 N–H and O–H groups in total. The van der Waals surface area contributed by atoms with Crippen molar-refractivity contribution in [3.63, 3.8) is 0 Å². The monoisotopic (exact) mass is 353 g/mol. The predicted molar refractivity (Wildman–Crippen MR) is 86.0 cm³/mol. The molecule has 3 nitrogen and oxygen atoms in total. The molecule has 1 fully saturated rings. The molecule has 0 aromatic rings. The fraction of sp³-hybridized carbons (Fsp3) is 0.923. The first-order valence-electron chi connectivity index (χ1n) is 6.72. The van der Waals surface area contributed by atoms with Gasteiger partial charge in [0.15, 0.2) is 5.96 Å². The molecule has 102 valence electrons. The molecule has 4 heteroatoms. The van der Waals surface area contributed by atoms with E-state index in [0.717, 1.165) is 25.6 Å². The molecular formula is C13H28IN3. The van der Waals surface area contributed by atoms with Gasteiger partial charge >= 0.3 is 0 Å². The van der Waals surface area contributed by atoms with Crippen LogP contribution in [0.5, 0.6) is 0 Å². The van der Waals surface area contributed by atoms with Gasteiger partial charge in [0.2, 0.25) is 0 Å². The van der Waals surface area contributed by atoms with E-state index in [1.165, 1.54) is 32.1 Å². The van der Waals surface area contributed by atoms with Gasteiger partial charge in [0.05, 0.1) is 0 Å². The second kappa shape index (κ2) is 8.16. The average Bonchev–Trinajstić information content (AvgIpc) is 2.77. The number of guanidine groups is 1. The molecule has 1 aliphatic carbocycles. The van der Waals surface area contributed by atoms with E-state index in [-0.39, 0.29) is 24.0 Å². The molecule has 0 amide bonds. The highest BCUT2D eigenvalue weighted by molar-refractivity contribution is 14.0. The van der Waals surface area contributed by atoms with Crippen LogP contribution < -0.4 is 5.73 Å². The molecule has 0 unspecified atom stereocenters. The van der Waals surface area contributed by atoms with Gasteiger partial charge < -0.3 is 10.6 Å². The molecule has 0 radical (unpaired) electrons. The number of nitrogens with zero attached hydrogens (tertiary/aromatic N) is 2. The van der Waals surface area contributed by atoms with Gasteiger partial charge in [-0.25, -0.2) is 0 Å². The van der Waals surface area contributed by atoms with Gasteiger partial charge in [0.1, 0.15) is 0 Å². The Bertz CT molecular complexity index is 231. The van der Waals surface area contributed by atoms with Gasteiger partial charge in [0, 0.05) is 19.6 Å². The maximum absolute atomic E-state index is 6.01. The van der Waals surface area contributed by atoms with E-state index < -0.39 is 0 Å². The van der Waals surface area contributed by atoms with Crippen molar-refractivity contribution in [3.8, 4) is 0 Å². The number of hydrogen-bond acceptors (Lipinski definition) is 1. The number of nitrogens with two attached hydrogens (primary N) is 1. The summed E-state index contributed by atoms with van der Waals surface area (Å²) in [6.45, 7) is 9.35. The first kappa shape index (κ1) is 17.0. The third kappa shape index (κ3) is 4.64. The van der Waals surface area contributed by atoms with E-state index in [1.54, 1.807) is 0 Å². The number of rotatable bonds is 5. The lowest BCUT2D eigenvalue weighted by molar-refractivity contribution is 0.295. The molecule has 1 aliphatic rings. The summed E-state index contributed by atoms with van der Waals surface area (Å²) in [4.78, 5) is 6.73. The highest BCUT2D eigenvalue weighted by Gasteiger charge is 2.31. The lowest BCUT2D eigenvalue weighted by Gasteiger charge is -2.26. The highest BCUT2D eigenvalue weighted by atomic mass is 127. The molecule has 0 heterocycles. The van der Waals surface area contributed by atoms with Crippen molar-refractivity contribution in [1.29, 1.82) is 0 Å². The topological polar surface area (TPSA) is 41.6 Å². The van der Waals surface area contributed by atoms with Crippen LogP contribution in [-0.2, 0) is 0 Å². The summed E-state index contributed by atoms with van der Waals surface area (Å²) in [5.74, 6) is 0.727. The SMILES string of the molecule is CCN(CC)C(N)=NCC1(CC)CCCC1.I. The van der Waals surface area contributed by atoms with E-state index in [1.807, 2.05) is 0 Å². The quantitative estimate of drug-likeness (QED) is 0.468. The summed E-state index contributed by atoms with van der Waals surface area (Å²) in [7, 11) is 0. The van der Waals surface area contributed by atoms with Crippen molar-refractivity contribution in [2.45, 2.75) is 52.9 Å². The van der Waals surface area contributed by atoms with Crippen LogP contribution in [0.2, 0.25) is 0 Å². The van der Waals surface area contributed by atoms with Crippen molar-refractivity contribution >= 4 is 29.9 Å². The minimum absolute atomic E-state index is 0. The molecule has 0 aromatic heterocycles. The van der Waals surface area contributed by atoms with Crippen LogP contribution in [0.3, 0.4) is 0 Å². The standard InChI is InChI=1S/C13H27N3.HI/c1-4-13(9-7-8-10-13)11-15-12(14)16(5-2)6-3;/h4-11H2,1-3H3,(H2,14,15);1H. The zero-order chi connectivity index (χ0) is 12.0. The van der Waals surface area contributed by atoms with Gasteiger partial charge in [-0.15, -0.1) is 24.0 Å². The van der Waals surface area contributed by atoms with Crippen LogP contribution in [0, 0.1) is 5.41 Å². The Hall–Kier alpha value is 0. The third-order valence-corrected chi connectivity index (χ3v) is 4.08. The van der Waals surface area contributed by atoms with Crippen molar-refractivity contribution in [3.05, 3.63) is 0 Å². The zero-order valence-electron chi connectivity index (χ0n) is 11.5. The summed E-state index contributed by atoms with van der Waals surface area (Å²) >= 11 is 0. The molecule has 1 rings (SSSR count). The van der Waals surface area contributed by atoms with Crippen LogP contribution >= 0.6 is 24.0 Å². The summed E-state index contributed by atoms with van der Waals surface area (Å²) in [6.07, 6.45) is 6.64. The van der Waals surface area contributed by atoms with E-state index >= 15 is 0 Å². The van der Waals surface area contributed by atoms with Crippen molar-refractivity contribution in [2.75, 3.05) is 19.6 Å². The van der Waals surface area contributed by atoms with E-state index in [4.69, 9.17) is 5.73 Å². The predicted octanol–water partition coefficient (Wildman–Crippen LogP) is 3.23. The van der Waals surface area contributed by atoms with Gasteiger partial charge in [-0.05, 0) is 38.5 Å². The van der Waals surface area contributed by atoms with E-state index in [0.29, 0.717) is 5.41 Å². The lowest BCUT2D eigenvalue weighted by atomic mass is 9.84. The summed E-state index contributed by atoms with van der Waals surface area (Å²) in [5.41, 5.74) is 6.46. The van der Waals surface area contributed by atoms with Gasteiger partial charge in [-0.3, -0.25) is 4.99 Å². The second-order valence-electron chi connectivity index (χ2n) is 4.91. The smallest absolute Gasteiger partial charge is 0.191 e. The van der Waals surface area contributed by atoms with Crippen LogP contribution in [-0.4, -0.2) is 30.5 Å². The Morgan fingerprint density at radius 3 is 2.12 bits per heavy atom. The number of aliphatic imine (C=N–C) groups is 1. The molecule has 0 spiro atoms. The summed E-state index contributed by atoms with van der Waals surface area (Å²) in [5, 5.41) is 0. The van der Waals surface area contributed by atoms with Crippen LogP contribution in [0.4, 0.5) is 0 Å². The van der Waals surface area contributed by atoms with Gasteiger partial charge in [-0.1, -0.05) is 19.8 Å². The minimum atomic E-state index is 0.